The van der Waals surface area contributed by atoms with E-state index in [-0.39, 0.29) is 11.5 Å². The summed E-state index contributed by atoms with van der Waals surface area (Å²) in [6.07, 6.45) is 4.88. The van der Waals surface area contributed by atoms with Gasteiger partial charge in [-0.05, 0) is 42.7 Å². The molecule has 9 nitrogen and oxygen atoms in total. The Morgan fingerprint density at radius 3 is 2.77 bits per heavy atom. The molecule has 1 saturated heterocycles. The van der Waals surface area contributed by atoms with Crippen LogP contribution in [-0.2, 0) is 11.2 Å². The zero-order valence-electron chi connectivity index (χ0n) is 17.9. The van der Waals surface area contributed by atoms with Crippen LogP contribution in [0.25, 0.3) is 11.2 Å². The van der Waals surface area contributed by atoms with Crippen LogP contribution in [0.5, 0.6) is 0 Å². The average molecular weight is 421 g/mol. The molecule has 1 fully saturated rings. The van der Waals surface area contributed by atoms with Crippen LogP contribution < -0.4 is 21.3 Å². The highest BCUT2D eigenvalue weighted by atomic mass is 16.1. The van der Waals surface area contributed by atoms with Gasteiger partial charge >= 0.3 is 0 Å². The van der Waals surface area contributed by atoms with Crippen LogP contribution in [0.3, 0.4) is 0 Å². The molecule has 1 amide bonds. The standard InChI is InChI=1S/C22H28N8O/c1-13(19(24)31)29(2)21-17-20(27-28-21)26-16(12-25-17)30-9-7-22(8-10-30)11-14-5-3-4-6-15(14)18(22)23/h3-6,12-13,18H,7-11,23H2,1-2H3,(H2,24,31)(H,26,27,28)/t13?,18-/m1/s1. The molecule has 2 atom stereocenters. The van der Waals surface area contributed by atoms with Crippen molar-refractivity contribution in [3.05, 3.63) is 41.6 Å². The van der Waals surface area contributed by atoms with E-state index in [2.05, 4.69) is 44.3 Å². The first-order valence-corrected chi connectivity index (χ1v) is 10.7. The molecular weight excluding hydrogens is 392 g/mol. The van der Waals surface area contributed by atoms with Crippen molar-refractivity contribution in [2.75, 3.05) is 29.9 Å². The molecule has 31 heavy (non-hydrogen) atoms. The Bertz CT molecular complexity index is 1130. The van der Waals surface area contributed by atoms with Crippen LogP contribution in [0.4, 0.5) is 11.6 Å². The van der Waals surface area contributed by atoms with Gasteiger partial charge in [0, 0.05) is 26.2 Å². The monoisotopic (exact) mass is 420 g/mol. The summed E-state index contributed by atoms with van der Waals surface area (Å²) in [7, 11) is 1.77. The number of hydrogen-bond acceptors (Lipinski definition) is 7. The predicted octanol–water partition coefficient (Wildman–Crippen LogP) is 1.51. The normalized spacial score (nSPS) is 20.7. The Kier molecular flexibility index (Phi) is 4.58. The topological polar surface area (TPSA) is 130 Å². The van der Waals surface area contributed by atoms with Crippen molar-refractivity contribution in [2.45, 2.75) is 38.3 Å². The van der Waals surface area contributed by atoms with E-state index in [0.717, 1.165) is 38.2 Å². The van der Waals surface area contributed by atoms with Gasteiger partial charge in [0.2, 0.25) is 5.91 Å². The number of amides is 1. The fraction of sp³-hybridized carbons (Fsp3) is 0.455. The Hall–Kier alpha value is -3.20. The van der Waals surface area contributed by atoms with Crippen molar-refractivity contribution in [3.63, 3.8) is 0 Å². The quantitative estimate of drug-likeness (QED) is 0.583. The number of carbonyl (C=O) groups is 1. The highest BCUT2D eigenvalue weighted by Gasteiger charge is 2.45. The van der Waals surface area contributed by atoms with Gasteiger partial charge < -0.3 is 21.3 Å². The third kappa shape index (κ3) is 3.11. The summed E-state index contributed by atoms with van der Waals surface area (Å²) in [6.45, 7) is 3.52. The first-order valence-electron chi connectivity index (χ1n) is 10.7. The minimum atomic E-state index is -0.494. The molecule has 9 heteroatoms. The van der Waals surface area contributed by atoms with Gasteiger partial charge in [-0.2, -0.15) is 5.10 Å². The average Bonchev–Trinajstić information content (AvgIpc) is 3.32. The number of carbonyl (C=O) groups excluding carboxylic acids is 1. The van der Waals surface area contributed by atoms with E-state index >= 15 is 0 Å². The molecule has 0 saturated carbocycles. The van der Waals surface area contributed by atoms with Gasteiger partial charge in [0.05, 0.1) is 6.20 Å². The second-order valence-corrected chi connectivity index (χ2v) is 8.86. The van der Waals surface area contributed by atoms with Crippen molar-refractivity contribution in [3.8, 4) is 0 Å². The zero-order chi connectivity index (χ0) is 21.8. The first kappa shape index (κ1) is 19.7. The molecule has 0 radical (unpaired) electrons. The highest BCUT2D eigenvalue weighted by molar-refractivity contribution is 5.89. The molecule has 1 aliphatic carbocycles. The summed E-state index contributed by atoms with van der Waals surface area (Å²) in [5.41, 5.74) is 16.2. The molecule has 2 aliphatic rings. The summed E-state index contributed by atoms with van der Waals surface area (Å²) >= 11 is 0. The maximum absolute atomic E-state index is 11.5. The molecule has 1 aliphatic heterocycles. The molecule has 2 aromatic heterocycles. The Morgan fingerprint density at radius 1 is 1.32 bits per heavy atom. The third-order valence-electron chi connectivity index (χ3n) is 7.24. The van der Waals surface area contributed by atoms with Crippen LogP contribution in [0.1, 0.15) is 36.9 Å². The zero-order valence-corrected chi connectivity index (χ0v) is 17.9. The number of piperidine rings is 1. The van der Waals surface area contributed by atoms with Crippen molar-refractivity contribution in [1.82, 2.24) is 20.2 Å². The van der Waals surface area contributed by atoms with Gasteiger partial charge in [-0.15, -0.1) is 0 Å². The molecule has 0 bridgehead atoms. The van der Waals surface area contributed by atoms with Crippen LogP contribution in [-0.4, -0.2) is 52.3 Å². The van der Waals surface area contributed by atoms with Gasteiger partial charge in [0.15, 0.2) is 17.0 Å². The van der Waals surface area contributed by atoms with Gasteiger partial charge in [0.25, 0.3) is 0 Å². The van der Waals surface area contributed by atoms with Crippen molar-refractivity contribution in [2.24, 2.45) is 16.9 Å². The van der Waals surface area contributed by atoms with E-state index in [0.29, 0.717) is 17.0 Å². The van der Waals surface area contributed by atoms with E-state index in [1.54, 1.807) is 25.1 Å². The molecule has 1 unspecified atom stereocenters. The van der Waals surface area contributed by atoms with Crippen LogP contribution in [0.2, 0.25) is 0 Å². The highest BCUT2D eigenvalue weighted by Crippen LogP contribution is 2.50. The van der Waals surface area contributed by atoms with Gasteiger partial charge in [-0.3, -0.25) is 9.89 Å². The number of nitrogens with two attached hydrogens (primary N) is 2. The van der Waals surface area contributed by atoms with E-state index in [4.69, 9.17) is 16.5 Å². The third-order valence-corrected chi connectivity index (χ3v) is 7.24. The number of rotatable bonds is 4. The largest absolute Gasteiger partial charge is 0.368 e. The Labute approximate surface area is 180 Å². The summed E-state index contributed by atoms with van der Waals surface area (Å²) in [6, 6.07) is 8.17. The van der Waals surface area contributed by atoms with Crippen LogP contribution in [0, 0.1) is 5.41 Å². The second kappa shape index (κ2) is 7.19. The molecule has 1 spiro atoms. The van der Waals surface area contributed by atoms with E-state index in [1.165, 1.54) is 11.1 Å². The number of primary amides is 1. The number of H-pyrrole nitrogens is 1. The number of likely N-dealkylation sites (N-methyl/N-ethyl adjacent to an activating group) is 1. The number of aromatic nitrogens is 4. The fourth-order valence-electron chi connectivity index (χ4n) is 5.04. The summed E-state index contributed by atoms with van der Waals surface area (Å²) < 4.78 is 0. The van der Waals surface area contributed by atoms with Crippen molar-refractivity contribution >= 4 is 28.7 Å². The molecule has 3 aromatic rings. The number of fused-ring (bicyclic) bond motifs is 2. The van der Waals surface area contributed by atoms with E-state index in [9.17, 15) is 4.79 Å². The van der Waals surface area contributed by atoms with Gasteiger partial charge in [-0.1, -0.05) is 24.3 Å². The van der Waals surface area contributed by atoms with E-state index in [1.807, 2.05) is 0 Å². The minimum Gasteiger partial charge on any atom is -0.368 e. The number of anilines is 2. The molecule has 3 heterocycles. The van der Waals surface area contributed by atoms with E-state index < -0.39 is 11.9 Å². The summed E-state index contributed by atoms with van der Waals surface area (Å²) in [5.74, 6) is 0.970. The Balaban J connectivity index is 1.33. The molecule has 5 rings (SSSR count). The lowest BCUT2D eigenvalue weighted by Crippen LogP contribution is -2.44. The Morgan fingerprint density at radius 2 is 2.06 bits per heavy atom. The number of benzene rings is 1. The smallest absolute Gasteiger partial charge is 0.239 e. The van der Waals surface area contributed by atoms with Crippen molar-refractivity contribution in [1.29, 1.82) is 0 Å². The predicted molar refractivity (Wildman–Crippen MR) is 120 cm³/mol. The number of nitrogens with zero attached hydrogens (tertiary/aromatic N) is 5. The lowest BCUT2D eigenvalue weighted by molar-refractivity contribution is -0.118. The SMILES string of the molecule is CC(C(N)=O)N(C)c1n[nH]c2nc(N3CCC4(CC3)Cc3ccccc3[C@H]4N)cnc12. The first-order chi connectivity index (χ1) is 14.9. The molecule has 5 N–H and O–H groups in total. The van der Waals surface area contributed by atoms with Crippen molar-refractivity contribution < 1.29 is 4.79 Å². The van der Waals surface area contributed by atoms with Gasteiger partial charge in [-0.25, -0.2) is 9.97 Å². The number of aromatic amines is 1. The maximum atomic E-state index is 11.5. The van der Waals surface area contributed by atoms with Crippen LogP contribution in [0.15, 0.2) is 30.5 Å². The summed E-state index contributed by atoms with van der Waals surface area (Å²) in [4.78, 5) is 24.9. The summed E-state index contributed by atoms with van der Waals surface area (Å²) in [5, 5.41) is 7.25. The molecular formula is C22H28N8O. The lowest BCUT2D eigenvalue weighted by Gasteiger charge is -2.42. The lowest BCUT2D eigenvalue weighted by atomic mass is 9.73. The molecule has 1 aromatic carbocycles. The fourth-order valence-corrected chi connectivity index (χ4v) is 5.04. The van der Waals surface area contributed by atoms with Gasteiger partial charge in [0.1, 0.15) is 11.9 Å². The second-order valence-electron chi connectivity index (χ2n) is 8.86. The number of nitrogens with one attached hydrogen (secondary N) is 1. The van der Waals surface area contributed by atoms with Crippen LogP contribution >= 0.6 is 0 Å². The molecule has 162 valence electrons. The maximum Gasteiger partial charge on any atom is 0.239 e. The number of hydrogen-bond donors (Lipinski definition) is 3. The minimum absolute atomic E-state index is 0.0948.